The fourth-order valence-corrected chi connectivity index (χ4v) is 4.85. The van der Waals surface area contributed by atoms with E-state index in [1.165, 1.54) is 11.3 Å². The van der Waals surface area contributed by atoms with Crippen molar-refractivity contribution in [1.82, 2.24) is 19.5 Å². The van der Waals surface area contributed by atoms with Crippen molar-refractivity contribution < 1.29 is 9.84 Å². The van der Waals surface area contributed by atoms with Crippen LogP contribution in [0.15, 0.2) is 30.5 Å². The third-order valence-corrected chi connectivity index (χ3v) is 6.47. The number of benzene rings is 1. The fraction of sp³-hybridized carbons (Fsp3) is 0.478. The number of rotatable bonds is 3. The SMILES string of the molecule is COc1cccc(CN2[C@@H]3CC[C@H]2c2cnc4cc(C(C)(C)C)nn4c2C3)c1O. The Morgan fingerprint density at radius 3 is 2.83 bits per heavy atom. The summed E-state index contributed by atoms with van der Waals surface area (Å²) in [5.74, 6) is 0.776. The molecule has 1 N–H and O–H groups in total. The molecule has 1 fully saturated rings. The zero-order valence-electron chi connectivity index (χ0n) is 17.5. The summed E-state index contributed by atoms with van der Waals surface area (Å²) >= 11 is 0. The van der Waals surface area contributed by atoms with Crippen LogP contribution in [0.5, 0.6) is 11.5 Å². The van der Waals surface area contributed by atoms with Crippen LogP contribution >= 0.6 is 0 Å². The van der Waals surface area contributed by atoms with E-state index >= 15 is 0 Å². The van der Waals surface area contributed by atoms with Gasteiger partial charge in [-0.05, 0) is 18.9 Å². The number of fused-ring (bicyclic) bond motifs is 6. The van der Waals surface area contributed by atoms with Crippen molar-refractivity contribution in [3.8, 4) is 11.5 Å². The molecule has 2 atom stereocenters. The average Bonchev–Trinajstić information content (AvgIpc) is 3.24. The van der Waals surface area contributed by atoms with E-state index in [1.54, 1.807) is 13.2 Å². The van der Waals surface area contributed by atoms with Crippen LogP contribution in [0.25, 0.3) is 5.65 Å². The van der Waals surface area contributed by atoms with Crippen LogP contribution < -0.4 is 4.74 Å². The standard InChI is InChI=1S/C23H28N4O2/c1-23(2,3)20-11-21-24-12-16-17-9-8-15(10-18(16)27(21)25-20)26(17)13-14-6-5-7-19(29-4)22(14)28/h5-7,11-12,15,17,28H,8-10,13H2,1-4H3/t15-,17+/m1/s1. The van der Waals surface area contributed by atoms with Crippen LogP contribution in [0.3, 0.4) is 0 Å². The number of phenols is 1. The second-order valence-corrected chi connectivity index (χ2v) is 9.30. The molecule has 2 aliphatic rings. The van der Waals surface area contributed by atoms with Crippen LogP contribution in [0.2, 0.25) is 0 Å². The molecule has 152 valence electrons. The van der Waals surface area contributed by atoms with E-state index < -0.39 is 0 Å². The van der Waals surface area contributed by atoms with Gasteiger partial charge in [0.05, 0.1) is 18.5 Å². The summed E-state index contributed by atoms with van der Waals surface area (Å²) in [4.78, 5) is 7.25. The highest BCUT2D eigenvalue weighted by Gasteiger charge is 2.41. The molecule has 1 saturated heterocycles. The Bertz CT molecular complexity index is 1080. The summed E-state index contributed by atoms with van der Waals surface area (Å²) < 4.78 is 7.36. The van der Waals surface area contributed by atoms with Gasteiger partial charge in [-0.25, -0.2) is 9.50 Å². The molecule has 3 aromatic rings. The fourth-order valence-electron chi connectivity index (χ4n) is 4.85. The average molecular weight is 393 g/mol. The van der Waals surface area contributed by atoms with Crippen LogP contribution in [0.4, 0.5) is 0 Å². The van der Waals surface area contributed by atoms with Crippen molar-refractivity contribution in [2.75, 3.05) is 7.11 Å². The predicted molar refractivity (Wildman–Crippen MR) is 111 cm³/mol. The minimum absolute atomic E-state index is 0.00413. The molecular weight excluding hydrogens is 364 g/mol. The molecular formula is C23H28N4O2. The molecule has 2 aromatic heterocycles. The third kappa shape index (κ3) is 2.89. The predicted octanol–water partition coefficient (Wildman–Crippen LogP) is 4.00. The molecule has 0 spiro atoms. The first kappa shape index (κ1) is 18.4. The lowest BCUT2D eigenvalue weighted by Crippen LogP contribution is -2.38. The maximum Gasteiger partial charge on any atom is 0.162 e. The minimum Gasteiger partial charge on any atom is -0.504 e. The van der Waals surface area contributed by atoms with E-state index in [0.29, 0.717) is 24.4 Å². The molecule has 6 heteroatoms. The summed E-state index contributed by atoms with van der Waals surface area (Å²) in [5, 5.41) is 15.5. The second kappa shape index (κ2) is 6.46. The van der Waals surface area contributed by atoms with Crippen molar-refractivity contribution in [2.45, 2.75) is 64.1 Å². The van der Waals surface area contributed by atoms with E-state index in [9.17, 15) is 5.11 Å². The van der Waals surface area contributed by atoms with Gasteiger partial charge >= 0.3 is 0 Å². The number of methoxy groups -OCH3 is 1. The van der Waals surface area contributed by atoms with Crippen molar-refractivity contribution in [3.63, 3.8) is 0 Å². The van der Waals surface area contributed by atoms with Gasteiger partial charge in [0.25, 0.3) is 0 Å². The Kier molecular flexibility index (Phi) is 4.10. The summed E-state index contributed by atoms with van der Waals surface area (Å²) in [7, 11) is 1.59. The van der Waals surface area contributed by atoms with Crippen LogP contribution in [-0.4, -0.2) is 37.8 Å². The Balaban J connectivity index is 1.52. The quantitative estimate of drug-likeness (QED) is 0.730. The van der Waals surface area contributed by atoms with Gasteiger partial charge in [-0.15, -0.1) is 0 Å². The highest BCUT2D eigenvalue weighted by atomic mass is 16.5. The lowest BCUT2D eigenvalue weighted by Gasteiger charge is -2.36. The zero-order valence-corrected chi connectivity index (χ0v) is 17.5. The maximum absolute atomic E-state index is 10.5. The number of nitrogens with zero attached hydrogens (tertiary/aromatic N) is 4. The normalized spacial score (nSPS) is 21.5. The number of ether oxygens (including phenoxy) is 1. The molecule has 0 unspecified atom stereocenters. The van der Waals surface area contributed by atoms with Gasteiger partial charge in [0.2, 0.25) is 0 Å². The number of aromatic nitrogens is 3. The van der Waals surface area contributed by atoms with E-state index in [4.69, 9.17) is 14.8 Å². The molecule has 4 heterocycles. The highest BCUT2D eigenvalue weighted by Crippen LogP contribution is 2.45. The number of hydrogen-bond acceptors (Lipinski definition) is 5. The Labute approximate surface area is 171 Å². The molecule has 6 nitrogen and oxygen atoms in total. The first-order valence-electron chi connectivity index (χ1n) is 10.4. The van der Waals surface area contributed by atoms with Crippen LogP contribution in [-0.2, 0) is 18.4 Å². The molecule has 0 radical (unpaired) electrons. The highest BCUT2D eigenvalue weighted by molar-refractivity contribution is 5.47. The molecule has 5 rings (SSSR count). The van der Waals surface area contributed by atoms with Crippen molar-refractivity contribution >= 4 is 5.65 Å². The molecule has 2 bridgehead atoms. The number of hydrogen-bond donors (Lipinski definition) is 1. The second-order valence-electron chi connectivity index (χ2n) is 9.30. The Hall–Kier alpha value is -2.60. The van der Waals surface area contributed by atoms with Gasteiger partial charge in [-0.2, -0.15) is 5.10 Å². The van der Waals surface area contributed by atoms with E-state index in [1.807, 2.05) is 18.3 Å². The van der Waals surface area contributed by atoms with Gasteiger partial charge in [0, 0.05) is 53.9 Å². The van der Waals surface area contributed by atoms with E-state index in [2.05, 4.69) is 36.3 Å². The molecule has 0 aliphatic carbocycles. The summed E-state index contributed by atoms with van der Waals surface area (Å²) in [6.07, 6.45) is 5.27. The smallest absolute Gasteiger partial charge is 0.162 e. The largest absolute Gasteiger partial charge is 0.504 e. The van der Waals surface area contributed by atoms with Crippen LogP contribution in [0, 0.1) is 0 Å². The topological polar surface area (TPSA) is 62.9 Å². The van der Waals surface area contributed by atoms with Crippen molar-refractivity contribution in [2.24, 2.45) is 0 Å². The molecule has 0 amide bonds. The van der Waals surface area contributed by atoms with Gasteiger partial charge in [-0.1, -0.05) is 32.9 Å². The van der Waals surface area contributed by atoms with E-state index in [0.717, 1.165) is 36.2 Å². The number of phenolic OH excluding ortho intramolecular Hbond substituents is 1. The minimum atomic E-state index is 0.00413. The monoisotopic (exact) mass is 392 g/mol. The molecule has 29 heavy (non-hydrogen) atoms. The van der Waals surface area contributed by atoms with Gasteiger partial charge in [0.15, 0.2) is 17.1 Å². The Morgan fingerprint density at radius 2 is 2.07 bits per heavy atom. The summed E-state index contributed by atoms with van der Waals surface area (Å²) in [6.45, 7) is 7.27. The number of aromatic hydroxyl groups is 1. The van der Waals surface area contributed by atoms with Crippen LogP contribution in [0.1, 0.15) is 62.2 Å². The Morgan fingerprint density at radius 1 is 1.24 bits per heavy atom. The molecule has 1 aromatic carbocycles. The number of para-hydroxylation sites is 1. The van der Waals surface area contributed by atoms with Crippen molar-refractivity contribution in [3.05, 3.63) is 53.0 Å². The zero-order chi connectivity index (χ0) is 20.3. The third-order valence-electron chi connectivity index (χ3n) is 6.47. The summed E-state index contributed by atoms with van der Waals surface area (Å²) in [5.41, 5.74) is 5.50. The first-order valence-corrected chi connectivity index (χ1v) is 10.4. The lowest BCUT2D eigenvalue weighted by molar-refractivity contribution is 0.163. The van der Waals surface area contributed by atoms with Crippen molar-refractivity contribution in [1.29, 1.82) is 0 Å². The summed E-state index contributed by atoms with van der Waals surface area (Å²) in [6, 6.07) is 8.60. The molecule has 0 saturated carbocycles. The van der Waals surface area contributed by atoms with E-state index in [-0.39, 0.29) is 11.2 Å². The molecule has 2 aliphatic heterocycles. The first-order chi connectivity index (χ1) is 13.9. The van der Waals surface area contributed by atoms with Gasteiger partial charge in [0.1, 0.15) is 0 Å². The maximum atomic E-state index is 10.5. The van der Waals surface area contributed by atoms with Gasteiger partial charge in [-0.3, -0.25) is 4.90 Å². The van der Waals surface area contributed by atoms with Gasteiger partial charge < -0.3 is 9.84 Å². The lowest BCUT2D eigenvalue weighted by atomic mass is 9.93.